The summed E-state index contributed by atoms with van der Waals surface area (Å²) in [7, 11) is -3.37. The summed E-state index contributed by atoms with van der Waals surface area (Å²) in [5.74, 6) is -0.428. The van der Waals surface area contributed by atoms with Crippen LogP contribution in [0, 0.1) is 3.57 Å². The van der Waals surface area contributed by atoms with E-state index in [0.29, 0.717) is 10.7 Å². The van der Waals surface area contributed by atoms with E-state index in [1.165, 1.54) is 18.2 Å². The van der Waals surface area contributed by atoms with Crippen LogP contribution in [0.15, 0.2) is 41.3 Å². The van der Waals surface area contributed by atoms with Gasteiger partial charge in [-0.05, 0) is 59.0 Å². The Morgan fingerprint density at radius 2 is 1.77 bits per heavy atom. The Labute approximate surface area is 151 Å². The molecule has 0 atom stereocenters. The monoisotopic (exact) mass is 469 g/mol. The van der Waals surface area contributed by atoms with Crippen molar-refractivity contribution in [3.63, 3.8) is 0 Å². The van der Waals surface area contributed by atoms with Gasteiger partial charge in [0, 0.05) is 15.5 Å². The Bertz CT molecular complexity index is 853. The Hall–Kier alpha value is -0.830. The Kier molecular flexibility index (Phi) is 5.37. The number of sulfone groups is 1. The van der Waals surface area contributed by atoms with Crippen LogP contribution in [0.2, 0.25) is 10.0 Å². The van der Waals surface area contributed by atoms with E-state index < -0.39 is 15.7 Å². The summed E-state index contributed by atoms with van der Waals surface area (Å²) in [5, 5.41) is 3.35. The maximum absolute atomic E-state index is 12.2. The molecule has 0 aliphatic heterocycles. The predicted molar refractivity (Wildman–Crippen MR) is 96.7 cm³/mol. The van der Waals surface area contributed by atoms with Crippen molar-refractivity contribution in [1.29, 1.82) is 0 Å². The van der Waals surface area contributed by atoms with Crippen molar-refractivity contribution in [2.45, 2.75) is 4.90 Å². The number of anilines is 1. The molecule has 0 aromatic heterocycles. The number of hydrogen-bond donors (Lipinski definition) is 1. The molecule has 2 aromatic carbocycles. The summed E-state index contributed by atoms with van der Waals surface area (Å²) in [4.78, 5) is 12.3. The number of hydrogen-bond acceptors (Lipinski definition) is 3. The standard InChI is InChI=1S/C14H10Cl2INO3S/c1-22(20,21)9-3-4-10(12(16)7-9)14(19)18-8-2-5-11(15)13(17)6-8/h2-7H,1H3,(H,18,19). The van der Waals surface area contributed by atoms with E-state index in [0.717, 1.165) is 9.83 Å². The SMILES string of the molecule is CS(=O)(=O)c1ccc(C(=O)Nc2ccc(Cl)c(I)c2)c(Cl)c1. The zero-order valence-corrected chi connectivity index (χ0v) is 15.7. The molecule has 0 saturated carbocycles. The number of benzene rings is 2. The molecule has 0 unspecified atom stereocenters. The van der Waals surface area contributed by atoms with Gasteiger partial charge in [0.2, 0.25) is 0 Å². The van der Waals surface area contributed by atoms with Gasteiger partial charge in [-0.2, -0.15) is 0 Å². The maximum Gasteiger partial charge on any atom is 0.257 e. The minimum Gasteiger partial charge on any atom is -0.322 e. The van der Waals surface area contributed by atoms with Gasteiger partial charge in [-0.3, -0.25) is 4.79 Å². The molecular weight excluding hydrogens is 460 g/mol. The van der Waals surface area contributed by atoms with E-state index in [2.05, 4.69) is 27.9 Å². The van der Waals surface area contributed by atoms with Crippen molar-refractivity contribution in [3.8, 4) is 0 Å². The molecule has 0 aliphatic rings. The highest BCUT2D eigenvalue weighted by Crippen LogP contribution is 2.24. The average Bonchev–Trinajstić information content (AvgIpc) is 2.41. The van der Waals surface area contributed by atoms with Crippen LogP contribution in [0.4, 0.5) is 5.69 Å². The van der Waals surface area contributed by atoms with Crippen LogP contribution in [0.5, 0.6) is 0 Å². The van der Waals surface area contributed by atoms with Crippen molar-refractivity contribution in [2.24, 2.45) is 0 Å². The molecule has 8 heteroatoms. The third kappa shape index (κ3) is 4.13. The van der Waals surface area contributed by atoms with Crippen LogP contribution in [0.3, 0.4) is 0 Å². The van der Waals surface area contributed by atoms with E-state index in [1.54, 1.807) is 18.2 Å². The van der Waals surface area contributed by atoms with Gasteiger partial charge < -0.3 is 5.32 Å². The van der Waals surface area contributed by atoms with Gasteiger partial charge in [0.1, 0.15) is 0 Å². The molecule has 0 bridgehead atoms. The van der Waals surface area contributed by atoms with Crippen molar-refractivity contribution >= 4 is 67.2 Å². The Balaban J connectivity index is 2.28. The summed E-state index contributed by atoms with van der Waals surface area (Å²) in [6, 6.07) is 9.06. The first kappa shape index (κ1) is 17.5. The van der Waals surface area contributed by atoms with Gasteiger partial charge in [-0.25, -0.2) is 8.42 Å². The largest absolute Gasteiger partial charge is 0.322 e. The first-order chi connectivity index (χ1) is 10.2. The second kappa shape index (κ2) is 6.74. The molecule has 1 amide bonds. The topological polar surface area (TPSA) is 63.2 Å². The lowest BCUT2D eigenvalue weighted by atomic mass is 10.2. The molecule has 0 spiro atoms. The molecule has 22 heavy (non-hydrogen) atoms. The Morgan fingerprint density at radius 3 is 2.32 bits per heavy atom. The third-order valence-electron chi connectivity index (χ3n) is 2.79. The minimum atomic E-state index is -3.37. The van der Waals surface area contributed by atoms with Crippen LogP contribution in [-0.2, 0) is 9.84 Å². The molecule has 0 heterocycles. The third-order valence-corrected chi connectivity index (χ3v) is 5.75. The summed E-state index contributed by atoms with van der Waals surface area (Å²) < 4.78 is 23.7. The fourth-order valence-electron chi connectivity index (χ4n) is 1.68. The number of rotatable bonds is 3. The van der Waals surface area contributed by atoms with Crippen LogP contribution in [0.1, 0.15) is 10.4 Å². The lowest BCUT2D eigenvalue weighted by molar-refractivity contribution is 0.102. The van der Waals surface area contributed by atoms with Gasteiger partial charge in [-0.15, -0.1) is 0 Å². The molecule has 0 radical (unpaired) electrons. The number of nitrogens with one attached hydrogen (secondary N) is 1. The van der Waals surface area contributed by atoms with Crippen LogP contribution >= 0.6 is 45.8 Å². The molecule has 4 nitrogen and oxygen atoms in total. The highest BCUT2D eigenvalue weighted by molar-refractivity contribution is 14.1. The van der Waals surface area contributed by atoms with Gasteiger partial charge in [0.05, 0.1) is 20.5 Å². The van der Waals surface area contributed by atoms with Crippen molar-refractivity contribution in [3.05, 3.63) is 55.6 Å². The van der Waals surface area contributed by atoms with E-state index >= 15 is 0 Å². The quantitative estimate of drug-likeness (QED) is 0.683. The summed E-state index contributed by atoms with van der Waals surface area (Å²) in [6.07, 6.45) is 1.08. The van der Waals surface area contributed by atoms with Crippen molar-refractivity contribution in [2.75, 3.05) is 11.6 Å². The molecular formula is C14H10Cl2INO3S. The molecule has 0 aliphatic carbocycles. The van der Waals surface area contributed by atoms with Gasteiger partial charge in [0.15, 0.2) is 9.84 Å². The fourth-order valence-corrected chi connectivity index (χ4v) is 3.29. The molecule has 2 rings (SSSR count). The number of carbonyl (C=O) groups excluding carboxylic acids is 1. The molecule has 1 N–H and O–H groups in total. The van der Waals surface area contributed by atoms with Crippen LogP contribution in [0.25, 0.3) is 0 Å². The molecule has 0 fully saturated rings. The maximum atomic E-state index is 12.2. The fraction of sp³-hybridized carbons (Fsp3) is 0.0714. The summed E-state index contributed by atoms with van der Waals surface area (Å²) in [5.41, 5.74) is 0.765. The molecule has 2 aromatic rings. The number of carbonyl (C=O) groups is 1. The Morgan fingerprint density at radius 1 is 1.09 bits per heavy atom. The zero-order valence-electron chi connectivity index (χ0n) is 11.2. The second-order valence-electron chi connectivity index (χ2n) is 4.50. The van der Waals surface area contributed by atoms with Crippen LogP contribution < -0.4 is 5.32 Å². The summed E-state index contributed by atoms with van der Waals surface area (Å²) >= 11 is 14.0. The van der Waals surface area contributed by atoms with E-state index in [-0.39, 0.29) is 15.5 Å². The number of halogens is 3. The highest BCUT2D eigenvalue weighted by Gasteiger charge is 2.15. The van der Waals surface area contributed by atoms with E-state index in [4.69, 9.17) is 23.2 Å². The van der Waals surface area contributed by atoms with E-state index in [9.17, 15) is 13.2 Å². The molecule has 0 saturated heterocycles. The van der Waals surface area contributed by atoms with Crippen molar-refractivity contribution in [1.82, 2.24) is 0 Å². The predicted octanol–water partition coefficient (Wildman–Crippen LogP) is 4.25. The highest BCUT2D eigenvalue weighted by atomic mass is 127. The first-order valence-corrected chi connectivity index (χ1v) is 9.67. The van der Waals surface area contributed by atoms with Crippen LogP contribution in [-0.4, -0.2) is 20.6 Å². The second-order valence-corrected chi connectivity index (χ2v) is 8.49. The van der Waals surface area contributed by atoms with Crippen molar-refractivity contribution < 1.29 is 13.2 Å². The van der Waals surface area contributed by atoms with Gasteiger partial charge in [-0.1, -0.05) is 23.2 Å². The van der Waals surface area contributed by atoms with Gasteiger partial charge >= 0.3 is 0 Å². The average molecular weight is 470 g/mol. The molecule has 116 valence electrons. The normalized spacial score (nSPS) is 11.3. The van der Waals surface area contributed by atoms with E-state index in [1.807, 2.05) is 0 Å². The zero-order chi connectivity index (χ0) is 16.5. The minimum absolute atomic E-state index is 0.0649. The lowest BCUT2D eigenvalue weighted by Crippen LogP contribution is -2.13. The number of amides is 1. The lowest BCUT2D eigenvalue weighted by Gasteiger charge is -2.09. The first-order valence-electron chi connectivity index (χ1n) is 5.94. The van der Waals surface area contributed by atoms with Gasteiger partial charge in [0.25, 0.3) is 5.91 Å². The summed E-state index contributed by atoms with van der Waals surface area (Å²) in [6.45, 7) is 0. The smallest absolute Gasteiger partial charge is 0.257 e.